The van der Waals surface area contributed by atoms with Gasteiger partial charge in [0.15, 0.2) is 0 Å². The zero-order chi connectivity index (χ0) is 19.8. The monoisotopic (exact) mass is 381 g/mol. The molecule has 0 spiro atoms. The van der Waals surface area contributed by atoms with Crippen LogP contribution in [-0.4, -0.2) is 23.0 Å². The van der Waals surface area contributed by atoms with E-state index in [9.17, 15) is 9.59 Å². The third-order valence-electron chi connectivity index (χ3n) is 5.36. The molecular formula is C22H27N3O3. The average molecular weight is 381 g/mol. The molecular weight excluding hydrogens is 354 g/mol. The Kier molecular flexibility index (Phi) is 7.00. The predicted octanol–water partition coefficient (Wildman–Crippen LogP) is 4.14. The number of hydrogen-bond acceptors (Lipinski definition) is 4. The van der Waals surface area contributed by atoms with Gasteiger partial charge in [-0.2, -0.15) is 0 Å². The van der Waals surface area contributed by atoms with Gasteiger partial charge in [-0.05, 0) is 56.2 Å². The van der Waals surface area contributed by atoms with E-state index in [4.69, 9.17) is 4.74 Å². The highest BCUT2D eigenvalue weighted by Gasteiger charge is 2.29. The van der Waals surface area contributed by atoms with Crippen molar-refractivity contribution in [3.8, 4) is 0 Å². The molecule has 0 radical (unpaired) electrons. The van der Waals surface area contributed by atoms with Crippen LogP contribution >= 0.6 is 0 Å². The number of rotatable bonds is 6. The van der Waals surface area contributed by atoms with Crippen LogP contribution in [-0.2, 0) is 16.1 Å². The van der Waals surface area contributed by atoms with E-state index in [0.717, 1.165) is 36.9 Å². The third-order valence-corrected chi connectivity index (χ3v) is 5.36. The number of alkyl carbamates (subject to hydrolysis) is 1. The summed E-state index contributed by atoms with van der Waals surface area (Å²) in [7, 11) is 0. The van der Waals surface area contributed by atoms with Crippen LogP contribution in [0, 0.1) is 11.8 Å². The van der Waals surface area contributed by atoms with Crippen molar-refractivity contribution in [3.63, 3.8) is 0 Å². The first-order valence-corrected chi connectivity index (χ1v) is 9.80. The second-order valence-corrected chi connectivity index (χ2v) is 7.33. The molecule has 0 bridgehead atoms. The highest BCUT2D eigenvalue weighted by atomic mass is 16.5. The molecule has 1 aromatic carbocycles. The fourth-order valence-electron chi connectivity index (χ4n) is 3.63. The van der Waals surface area contributed by atoms with Gasteiger partial charge in [-0.1, -0.05) is 30.3 Å². The SMILES string of the molecule is CC(NC(=O)OCc1ccccc1)C1CCC(C(=O)Nc2ccncc2)CC1. The minimum absolute atomic E-state index is 0.0154. The Balaban J connectivity index is 1.39. The maximum atomic E-state index is 12.4. The number of carbonyl (C=O) groups excluding carboxylic acids is 2. The van der Waals surface area contributed by atoms with Crippen molar-refractivity contribution < 1.29 is 14.3 Å². The Morgan fingerprint density at radius 2 is 1.75 bits per heavy atom. The molecule has 1 saturated carbocycles. The summed E-state index contributed by atoms with van der Waals surface area (Å²) in [5.41, 5.74) is 1.74. The molecule has 2 N–H and O–H groups in total. The summed E-state index contributed by atoms with van der Waals surface area (Å²) in [5, 5.41) is 5.89. The van der Waals surface area contributed by atoms with Gasteiger partial charge in [0.05, 0.1) is 0 Å². The van der Waals surface area contributed by atoms with E-state index in [1.54, 1.807) is 24.5 Å². The number of aromatic nitrogens is 1. The Morgan fingerprint density at radius 3 is 2.43 bits per heavy atom. The number of nitrogens with one attached hydrogen (secondary N) is 2. The molecule has 0 aliphatic heterocycles. The number of hydrogen-bond donors (Lipinski definition) is 2. The summed E-state index contributed by atoms with van der Waals surface area (Å²) in [4.78, 5) is 28.4. The van der Waals surface area contributed by atoms with Crippen molar-refractivity contribution in [1.29, 1.82) is 0 Å². The van der Waals surface area contributed by atoms with E-state index in [-0.39, 0.29) is 24.5 Å². The lowest BCUT2D eigenvalue weighted by atomic mass is 9.78. The molecule has 1 aromatic heterocycles. The molecule has 148 valence electrons. The maximum absolute atomic E-state index is 12.4. The number of pyridine rings is 1. The molecule has 1 aliphatic rings. The quantitative estimate of drug-likeness (QED) is 0.788. The van der Waals surface area contributed by atoms with E-state index < -0.39 is 6.09 Å². The number of amides is 2. The van der Waals surface area contributed by atoms with E-state index in [0.29, 0.717) is 5.92 Å². The lowest BCUT2D eigenvalue weighted by Gasteiger charge is -2.31. The van der Waals surface area contributed by atoms with E-state index in [2.05, 4.69) is 15.6 Å². The van der Waals surface area contributed by atoms with Gasteiger partial charge in [0, 0.05) is 30.0 Å². The largest absolute Gasteiger partial charge is 0.445 e. The van der Waals surface area contributed by atoms with Crippen molar-refractivity contribution >= 4 is 17.7 Å². The van der Waals surface area contributed by atoms with E-state index in [1.807, 2.05) is 37.3 Å². The minimum Gasteiger partial charge on any atom is -0.445 e. The molecule has 1 aliphatic carbocycles. The lowest BCUT2D eigenvalue weighted by molar-refractivity contribution is -0.121. The van der Waals surface area contributed by atoms with Gasteiger partial charge in [-0.3, -0.25) is 9.78 Å². The molecule has 1 atom stereocenters. The molecule has 2 aromatic rings. The summed E-state index contributed by atoms with van der Waals surface area (Å²) in [6.45, 7) is 2.27. The van der Waals surface area contributed by atoms with Crippen LogP contribution in [0.4, 0.5) is 10.5 Å². The van der Waals surface area contributed by atoms with Crippen molar-refractivity contribution in [1.82, 2.24) is 10.3 Å². The predicted molar refractivity (Wildman–Crippen MR) is 108 cm³/mol. The average Bonchev–Trinajstić information content (AvgIpc) is 2.74. The van der Waals surface area contributed by atoms with Crippen LogP contribution in [0.1, 0.15) is 38.2 Å². The minimum atomic E-state index is -0.395. The highest BCUT2D eigenvalue weighted by Crippen LogP contribution is 2.31. The van der Waals surface area contributed by atoms with Gasteiger partial charge in [0.25, 0.3) is 0 Å². The number of carbonyl (C=O) groups is 2. The van der Waals surface area contributed by atoms with Gasteiger partial charge in [-0.15, -0.1) is 0 Å². The smallest absolute Gasteiger partial charge is 0.407 e. The first kappa shape index (κ1) is 19.9. The van der Waals surface area contributed by atoms with Crippen LogP contribution in [0.2, 0.25) is 0 Å². The Morgan fingerprint density at radius 1 is 1.07 bits per heavy atom. The zero-order valence-corrected chi connectivity index (χ0v) is 16.1. The topological polar surface area (TPSA) is 80.3 Å². The second kappa shape index (κ2) is 9.88. The zero-order valence-electron chi connectivity index (χ0n) is 16.1. The summed E-state index contributed by atoms with van der Waals surface area (Å²) in [6, 6.07) is 13.2. The van der Waals surface area contributed by atoms with Crippen LogP contribution in [0.15, 0.2) is 54.9 Å². The fourth-order valence-corrected chi connectivity index (χ4v) is 3.63. The molecule has 0 saturated heterocycles. The number of benzene rings is 1. The standard InChI is InChI=1S/C22H27N3O3/c1-16(24-22(27)28-15-17-5-3-2-4-6-17)18-7-9-19(10-8-18)21(26)25-20-11-13-23-14-12-20/h2-6,11-14,16,18-19H,7-10,15H2,1H3,(H,24,27)(H,23,25,26). The Labute approximate surface area is 165 Å². The van der Waals surface area contributed by atoms with Crippen LogP contribution in [0.25, 0.3) is 0 Å². The van der Waals surface area contributed by atoms with Gasteiger partial charge in [0.2, 0.25) is 5.91 Å². The first-order valence-electron chi connectivity index (χ1n) is 9.80. The summed E-state index contributed by atoms with van der Waals surface area (Å²) < 4.78 is 5.30. The van der Waals surface area contributed by atoms with Crippen molar-refractivity contribution in [2.45, 2.75) is 45.3 Å². The maximum Gasteiger partial charge on any atom is 0.407 e. The molecule has 1 fully saturated rings. The Hall–Kier alpha value is -2.89. The molecule has 3 rings (SSSR count). The van der Waals surface area contributed by atoms with Gasteiger partial charge in [0.1, 0.15) is 6.61 Å². The normalized spacial score (nSPS) is 20.0. The molecule has 2 amide bonds. The van der Waals surface area contributed by atoms with E-state index in [1.165, 1.54) is 0 Å². The number of anilines is 1. The molecule has 28 heavy (non-hydrogen) atoms. The molecule has 1 unspecified atom stereocenters. The first-order chi connectivity index (χ1) is 13.6. The van der Waals surface area contributed by atoms with Crippen LogP contribution in [0.5, 0.6) is 0 Å². The van der Waals surface area contributed by atoms with Crippen LogP contribution < -0.4 is 10.6 Å². The van der Waals surface area contributed by atoms with Gasteiger partial charge >= 0.3 is 6.09 Å². The second-order valence-electron chi connectivity index (χ2n) is 7.33. The third kappa shape index (κ3) is 5.81. The summed E-state index contributed by atoms with van der Waals surface area (Å²) in [5.74, 6) is 0.434. The summed E-state index contributed by atoms with van der Waals surface area (Å²) in [6.07, 6.45) is 6.41. The summed E-state index contributed by atoms with van der Waals surface area (Å²) >= 11 is 0. The van der Waals surface area contributed by atoms with Crippen molar-refractivity contribution in [2.75, 3.05) is 5.32 Å². The van der Waals surface area contributed by atoms with Gasteiger partial charge in [-0.25, -0.2) is 4.79 Å². The van der Waals surface area contributed by atoms with Crippen LogP contribution in [0.3, 0.4) is 0 Å². The Bertz CT molecular complexity index is 759. The number of ether oxygens (including phenoxy) is 1. The number of nitrogens with zero attached hydrogens (tertiary/aromatic N) is 1. The van der Waals surface area contributed by atoms with Crippen molar-refractivity contribution in [3.05, 3.63) is 60.4 Å². The highest BCUT2D eigenvalue weighted by molar-refractivity contribution is 5.92. The van der Waals surface area contributed by atoms with Crippen molar-refractivity contribution in [2.24, 2.45) is 11.8 Å². The van der Waals surface area contributed by atoms with E-state index >= 15 is 0 Å². The molecule has 6 heteroatoms. The van der Waals surface area contributed by atoms with Gasteiger partial charge < -0.3 is 15.4 Å². The lowest BCUT2D eigenvalue weighted by Crippen LogP contribution is -2.40. The molecule has 1 heterocycles. The fraction of sp³-hybridized carbons (Fsp3) is 0.409. The molecule has 6 nitrogen and oxygen atoms in total.